The summed E-state index contributed by atoms with van der Waals surface area (Å²) in [7, 11) is 0. The topological polar surface area (TPSA) is 41.3 Å². The molecule has 1 fully saturated rings. The quantitative estimate of drug-likeness (QED) is 0.715. The van der Waals surface area contributed by atoms with Crippen molar-refractivity contribution in [1.82, 2.24) is 10.2 Å². The minimum atomic E-state index is 0.270. The van der Waals surface area contributed by atoms with Crippen molar-refractivity contribution in [1.29, 1.82) is 0 Å². The molecule has 0 bridgehead atoms. The normalized spacial score (nSPS) is 20.0. The fraction of sp³-hybridized carbons (Fsp3) is 0.647. The van der Waals surface area contributed by atoms with Gasteiger partial charge in [-0.3, -0.25) is 0 Å². The summed E-state index contributed by atoms with van der Waals surface area (Å²) < 4.78 is 0. The smallest absolute Gasteiger partial charge is 0.0677 e. The second kappa shape index (κ2) is 7.41. The third-order valence-corrected chi connectivity index (χ3v) is 3.78. The van der Waals surface area contributed by atoms with Crippen molar-refractivity contribution in [2.24, 2.45) is 11.7 Å². The second-order valence-corrected chi connectivity index (χ2v) is 6.45. The minimum Gasteiger partial charge on any atom is -0.401 e. The van der Waals surface area contributed by atoms with E-state index in [2.05, 4.69) is 43.8 Å². The van der Waals surface area contributed by atoms with E-state index in [0.717, 1.165) is 37.2 Å². The van der Waals surface area contributed by atoms with Gasteiger partial charge >= 0.3 is 0 Å². The molecule has 0 saturated carbocycles. The molecule has 3 heteroatoms. The summed E-state index contributed by atoms with van der Waals surface area (Å²) in [5, 5.41) is 3.47. The Morgan fingerprint density at radius 1 is 1.35 bits per heavy atom. The van der Waals surface area contributed by atoms with Gasteiger partial charge in [-0.25, -0.2) is 0 Å². The zero-order chi connectivity index (χ0) is 15.3. The first-order valence-corrected chi connectivity index (χ1v) is 7.62. The van der Waals surface area contributed by atoms with E-state index in [1.54, 1.807) is 0 Å². The standard InChI is InChI=1S/C17H31N3/c1-12(2)10-16(19-13(3)4)11-14(5)20-9-7-8-17(20)15(6)18/h12,16-17,19H,3,5-11,18H2,1-2,4H3. The van der Waals surface area contributed by atoms with Crippen LogP contribution < -0.4 is 11.1 Å². The van der Waals surface area contributed by atoms with Crippen LogP contribution in [0.4, 0.5) is 0 Å². The van der Waals surface area contributed by atoms with Crippen LogP contribution >= 0.6 is 0 Å². The number of nitrogens with two attached hydrogens (primary N) is 1. The first kappa shape index (κ1) is 16.7. The highest BCUT2D eigenvalue weighted by atomic mass is 15.2. The Morgan fingerprint density at radius 3 is 2.50 bits per heavy atom. The molecular formula is C17H31N3. The zero-order valence-electron chi connectivity index (χ0n) is 13.4. The fourth-order valence-corrected chi connectivity index (χ4v) is 3.04. The monoisotopic (exact) mass is 277 g/mol. The lowest BCUT2D eigenvalue weighted by Crippen LogP contribution is -2.36. The van der Waals surface area contributed by atoms with E-state index in [0.29, 0.717) is 12.0 Å². The molecule has 0 aromatic rings. The summed E-state index contributed by atoms with van der Waals surface area (Å²) in [4.78, 5) is 2.33. The van der Waals surface area contributed by atoms with Crippen LogP contribution in [-0.2, 0) is 0 Å². The summed E-state index contributed by atoms with van der Waals surface area (Å²) in [6.45, 7) is 19.7. The van der Waals surface area contributed by atoms with Gasteiger partial charge in [0.05, 0.1) is 6.04 Å². The van der Waals surface area contributed by atoms with Crippen molar-refractivity contribution in [3.8, 4) is 0 Å². The number of nitrogens with zero attached hydrogens (tertiary/aromatic N) is 1. The highest BCUT2D eigenvalue weighted by Crippen LogP contribution is 2.27. The van der Waals surface area contributed by atoms with Gasteiger partial charge in [-0.1, -0.05) is 33.6 Å². The van der Waals surface area contributed by atoms with Gasteiger partial charge in [-0.05, 0) is 32.1 Å². The van der Waals surface area contributed by atoms with E-state index in [9.17, 15) is 0 Å². The van der Waals surface area contributed by atoms with Gasteiger partial charge in [0.1, 0.15) is 0 Å². The molecule has 114 valence electrons. The largest absolute Gasteiger partial charge is 0.401 e. The Morgan fingerprint density at radius 2 is 2.00 bits per heavy atom. The van der Waals surface area contributed by atoms with Crippen molar-refractivity contribution in [3.05, 3.63) is 36.8 Å². The van der Waals surface area contributed by atoms with E-state index in [1.807, 2.05) is 6.92 Å². The molecule has 3 N–H and O–H groups in total. The van der Waals surface area contributed by atoms with E-state index < -0.39 is 0 Å². The molecule has 0 aromatic carbocycles. The average Bonchev–Trinajstić information content (AvgIpc) is 2.75. The van der Waals surface area contributed by atoms with Gasteiger partial charge < -0.3 is 16.0 Å². The number of rotatable bonds is 8. The lowest BCUT2D eigenvalue weighted by Gasteiger charge is -2.32. The molecule has 0 radical (unpaired) electrons. The summed E-state index contributed by atoms with van der Waals surface area (Å²) in [6, 6.07) is 0.666. The predicted molar refractivity (Wildman–Crippen MR) is 88.0 cm³/mol. The van der Waals surface area contributed by atoms with Crippen molar-refractivity contribution in [2.75, 3.05) is 6.54 Å². The van der Waals surface area contributed by atoms with E-state index in [1.165, 1.54) is 12.1 Å². The molecular weight excluding hydrogens is 246 g/mol. The van der Waals surface area contributed by atoms with Gasteiger partial charge in [-0.2, -0.15) is 0 Å². The fourth-order valence-electron chi connectivity index (χ4n) is 3.04. The maximum Gasteiger partial charge on any atom is 0.0677 e. The van der Waals surface area contributed by atoms with E-state index in [4.69, 9.17) is 5.73 Å². The third kappa shape index (κ3) is 4.95. The summed E-state index contributed by atoms with van der Waals surface area (Å²) in [6.07, 6.45) is 4.32. The van der Waals surface area contributed by atoms with Crippen molar-refractivity contribution < 1.29 is 0 Å². The first-order valence-electron chi connectivity index (χ1n) is 7.62. The molecule has 20 heavy (non-hydrogen) atoms. The zero-order valence-corrected chi connectivity index (χ0v) is 13.4. The Hall–Kier alpha value is -1.38. The SMILES string of the molecule is C=C(C)NC(CC(=C)N1CCCC1C(=C)N)CC(C)C. The molecule has 1 rings (SSSR count). The van der Waals surface area contributed by atoms with Gasteiger partial charge in [0, 0.05) is 36.1 Å². The number of allylic oxidation sites excluding steroid dienone is 1. The van der Waals surface area contributed by atoms with Crippen LogP contribution in [0.5, 0.6) is 0 Å². The number of nitrogens with one attached hydrogen (secondary N) is 1. The van der Waals surface area contributed by atoms with Gasteiger partial charge in [0.15, 0.2) is 0 Å². The molecule has 1 aliphatic rings. The molecule has 2 atom stereocenters. The number of likely N-dealkylation sites (tertiary alicyclic amines) is 1. The average molecular weight is 277 g/mol. The van der Waals surface area contributed by atoms with Crippen LogP contribution in [0.1, 0.15) is 46.5 Å². The van der Waals surface area contributed by atoms with Crippen molar-refractivity contribution in [3.63, 3.8) is 0 Å². The van der Waals surface area contributed by atoms with Crippen molar-refractivity contribution in [2.45, 2.75) is 58.5 Å². The van der Waals surface area contributed by atoms with Gasteiger partial charge in [0.2, 0.25) is 0 Å². The Bertz CT molecular complexity index is 370. The van der Waals surface area contributed by atoms with E-state index in [-0.39, 0.29) is 6.04 Å². The van der Waals surface area contributed by atoms with Gasteiger partial charge in [0.25, 0.3) is 0 Å². The summed E-state index contributed by atoms with van der Waals surface area (Å²) in [5.74, 6) is 0.651. The van der Waals surface area contributed by atoms with E-state index >= 15 is 0 Å². The first-order chi connectivity index (χ1) is 9.31. The molecule has 1 saturated heterocycles. The van der Waals surface area contributed by atoms with Crippen LogP contribution in [0.3, 0.4) is 0 Å². The highest BCUT2D eigenvalue weighted by Gasteiger charge is 2.27. The molecule has 0 aliphatic carbocycles. The Balaban J connectivity index is 2.64. The number of hydrogen-bond donors (Lipinski definition) is 2. The maximum absolute atomic E-state index is 5.91. The second-order valence-electron chi connectivity index (χ2n) is 6.45. The van der Waals surface area contributed by atoms with Crippen LogP contribution in [0.15, 0.2) is 36.8 Å². The molecule has 1 heterocycles. The minimum absolute atomic E-state index is 0.270. The Kier molecular flexibility index (Phi) is 6.18. The molecule has 2 unspecified atom stereocenters. The highest BCUT2D eigenvalue weighted by molar-refractivity contribution is 5.12. The van der Waals surface area contributed by atoms with Crippen LogP contribution in [-0.4, -0.2) is 23.5 Å². The van der Waals surface area contributed by atoms with Crippen molar-refractivity contribution >= 4 is 0 Å². The summed E-state index contributed by atoms with van der Waals surface area (Å²) in [5.41, 5.74) is 8.86. The molecule has 1 aliphatic heterocycles. The van der Waals surface area contributed by atoms with Crippen LogP contribution in [0.25, 0.3) is 0 Å². The maximum atomic E-state index is 5.91. The van der Waals surface area contributed by atoms with Crippen LogP contribution in [0.2, 0.25) is 0 Å². The van der Waals surface area contributed by atoms with Crippen LogP contribution in [0, 0.1) is 5.92 Å². The summed E-state index contributed by atoms with van der Waals surface area (Å²) >= 11 is 0. The lowest BCUT2D eigenvalue weighted by molar-refractivity contribution is 0.319. The lowest BCUT2D eigenvalue weighted by atomic mass is 9.99. The third-order valence-electron chi connectivity index (χ3n) is 3.78. The predicted octanol–water partition coefficient (Wildman–Crippen LogP) is 3.36. The molecule has 3 nitrogen and oxygen atoms in total. The Labute approximate surface area is 124 Å². The molecule has 0 amide bonds. The van der Waals surface area contributed by atoms with Gasteiger partial charge in [-0.15, -0.1) is 0 Å². The number of hydrogen-bond acceptors (Lipinski definition) is 3. The molecule has 0 spiro atoms. The molecule has 0 aromatic heterocycles.